The summed E-state index contributed by atoms with van der Waals surface area (Å²) >= 11 is 0. The predicted octanol–water partition coefficient (Wildman–Crippen LogP) is 5.41. The molecule has 0 fully saturated rings. The summed E-state index contributed by atoms with van der Waals surface area (Å²) in [5, 5.41) is 15.4. The van der Waals surface area contributed by atoms with Gasteiger partial charge in [-0.15, -0.1) is 0 Å². The number of aliphatic hydroxyl groups excluding tert-OH is 1. The van der Waals surface area contributed by atoms with Crippen LogP contribution in [0, 0.1) is 18.2 Å². The van der Waals surface area contributed by atoms with E-state index in [1.165, 1.54) is 17.7 Å². The molecule has 0 radical (unpaired) electrons. The SMILES string of the molecule is CC1=Cc2c(cnn2-c2ccc(F)cc2)C[C@]1(C)CC(O)c1ccccc1C. The molecular formula is C24H25FN2O. The number of allylic oxidation sites excluding steroid dienone is 1. The van der Waals surface area contributed by atoms with E-state index in [4.69, 9.17) is 0 Å². The number of aliphatic hydroxyl groups is 1. The van der Waals surface area contributed by atoms with Crippen molar-refractivity contribution >= 4 is 6.08 Å². The van der Waals surface area contributed by atoms with Crippen molar-refractivity contribution in [1.82, 2.24) is 9.78 Å². The number of aryl methyl sites for hydroxylation is 1. The van der Waals surface area contributed by atoms with Gasteiger partial charge >= 0.3 is 0 Å². The van der Waals surface area contributed by atoms with Crippen LogP contribution in [0.25, 0.3) is 11.8 Å². The van der Waals surface area contributed by atoms with Crippen molar-refractivity contribution in [2.45, 2.75) is 39.7 Å². The quantitative estimate of drug-likeness (QED) is 0.661. The molecule has 1 aliphatic rings. The molecule has 0 amide bonds. The summed E-state index contributed by atoms with van der Waals surface area (Å²) in [5.74, 6) is -0.255. The van der Waals surface area contributed by atoms with Crippen molar-refractivity contribution in [2.24, 2.45) is 5.41 Å². The highest BCUT2D eigenvalue weighted by Crippen LogP contribution is 2.44. The molecule has 1 N–H and O–H groups in total. The minimum absolute atomic E-state index is 0.147. The van der Waals surface area contributed by atoms with Crippen molar-refractivity contribution in [2.75, 3.05) is 0 Å². The zero-order chi connectivity index (χ0) is 19.9. The topological polar surface area (TPSA) is 38.0 Å². The molecule has 1 unspecified atom stereocenters. The molecule has 4 heteroatoms. The summed E-state index contributed by atoms with van der Waals surface area (Å²) in [6, 6.07) is 14.4. The van der Waals surface area contributed by atoms with Crippen LogP contribution in [0.4, 0.5) is 4.39 Å². The molecular weight excluding hydrogens is 351 g/mol. The van der Waals surface area contributed by atoms with Crippen molar-refractivity contribution in [1.29, 1.82) is 0 Å². The van der Waals surface area contributed by atoms with Crippen molar-refractivity contribution in [3.63, 3.8) is 0 Å². The van der Waals surface area contributed by atoms with Gasteiger partial charge in [-0.2, -0.15) is 5.10 Å². The van der Waals surface area contributed by atoms with Crippen molar-refractivity contribution < 1.29 is 9.50 Å². The molecule has 0 saturated heterocycles. The van der Waals surface area contributed by atoms with Gasteiger partial charge in [-0.1, -0.05) is 36.8 Å². The Hall–Kier alpha value is -2.72. The molecule has 0 spiro atoms. The molecule has 2 aromatic carbocycles. The minimum Gasteiger partial charge on any atom is -0.388 e. The van der Waals surface area contributed by atoms with Gasteiger partial charge in [0.25, 0.3) is 0 Å². The van der Waals surface area contributed by atoms with E-state index in [0.29, 0.717) is 6.42 Å². The van der Waals surface area contributed by atoms with E-state index in [0.717, 1.165) is 34.5 Å². The fourth-order valence-electron chi connectivity index (χ4n) is 4.14. The van der Waals surface area contributed by atoms with Gasteiger partial charge in [0.2, 0.25) is 0 Å². The first-order valence-corrected chi connectivity index (χ1v) is 9.62. The summed E-state index contributed by atoms with van der Waals surface area (Å²) < 4.78 is 15.1. The molecule has 3 aromatic rings. The molecule has 1 aliphatic carbocycles. The standard InChI is InChI=1S/C24H25FN2O/c1-16-6-4-5-7-21(16)23(28)14-24(3)13-18-15-26-27(22(18)12-17(24)2)20-10-8-19(25)9-11-20/h4-12,15,23,28H,13-14H2,1-3H3/t23?,24-/m1/s1. The normalized spacial score (nSPS) is 19.8. The average Bonchev–Trinajstić information content (AvgIpc) is 3.05. The number of hydrogen-bond donors (Lipinski definition) is 1. The number of aromatic nitrogens is 2. The van der Waals surface area contributed by atoms with Gasteiger partial charge in [-0.25, -0.2) is 9.07 Å². The Morgan fingerprint density at radius 1 is 1.14 bits per heavy atom. The zero-order valence-electron chi connectivity index (χ0n) is 16.5. The second-order valence-electron chi connectivity index (χ2n) is 8.08. The summed E-state index contributed by atoms with van der Waals surface area (Å²) in [6.07, 6.45) is 5.00. The highest BCUT2D eigenvalue weighted by molar-refractivity contribution is 5.60. The fourth-order valence-corrected chi connectivity index (χ4v) is 4.14. The Labute approximate surface area is 165 Å². The lowest BCUT2D eigenvalue weighted by Crippen LogP contribution is -2.27. The van der Waals surface area contributed by atoms with E-state index in [-0.39, 0.29) is 11.2 Å². The Kier molecular flexibility index (Phi) is 4.68. The molecule has 0 aliphatic heterocycles. The molecule has 1 heterocycles. The first kappa shape index (κ1) is 18.6. The van der Waals surface area contributed by atoms with E-state index < -0.39 is 6.10 Å². The summed E-state index contributed by atoms with van der Waals surface area (Å²) in [5.41, 5.74) is 6.20. The summed E-state index contributed by atoms with van der Waals surface area (Å²) in [6.45, 7) is 6.36. The molecule has 4 rings (SSSR count). The first-order valence-electron chi connectivity index (χ1n) is 9.62. The third kappa shape index (κ3) is 3.29. The van der Waals surface area contributed by atoms with Crippen LogP contribution in [0.2, 0.25) is 0 Å². The molecule has 28 heavy (non-hydrogen) atoms. The molecule has 144 valence electrons. The molecule has 2 atom stereocenters. The monoisotopic (exact) mass is 376 g/mol. The highest BCUT2D eigenvalue weighted by atomic mass is 19.1. The third-order valence-electron chi connectivity index (χ3n) is 6.03. The third-order valence-corrected chi connectivity index (χ3v) is 6.03. The van der Waals surface area contributed by atoms with Gasteiger partial charge in [0.05, 0.1) is 23.7 Å². The van der Waals surface area contributed by atoms with Gasteiger partial charge in [-0.05, 0) is 79.1 Å². The van der Waals surface area contributed by atoms with E-state index in [1.807, 2.05) is 42.1 Å². The van der Waals surface area contributed by atoms with E-state index in [2.05, 4.69) is 25.0 Å². The van der Waals surface area contributed by atoms with Gasteiger partial charge in [0.1, 0.15) is 5.82 Å². The number of halogens is 1. The zero-order valence-corrected chi connectivity index (χ0v) is 16.5. The summed E-state index contributed by atoms with van der Waals surface area (Å²) in [7, 11) is 0. The van der Waals surface area contributed by atoms with Crippen LogP contribution in [0.3, 0.4) is 0 Å². The maximum Gasteiger partial charge on any atom is 0.123 e. The second kappa shape index (κ2) is 7.02. The van der Waals surface area contributed by atoms with Gasteiger partial charge in [0.15, 0.2) is 0 Å². The number of hydrogen-bond acceptors (Lipinski definition) is 2. The lowest BCUT2D eigenvalue weighted by Gasteiger charge is -2.36. The van der Waals surface area contributed by atoms with Crippen LogP contribution in [-0.4, -0.2) is 14.9 Å². The van der Waals surface area contributed by atoms with E-state index in [1.54, 1.807) is 12.1 Å². The molecule has 0 saturated carbocycles. The fraction of sp³-hybridized carbons (Fsp3) is 0.292. The second-order valence-corrected chi connectivity index (χ2v) is 8.08. The van der Waals surface area contributed by atoms with Crippen LogP contribution >= 0.6 is 0 Å². The van der Waals surface area contributed by atoms with Crippen LogP contribution < -0.4 is 0 Å². The van der Waals surface area contributed by atoms with Crippen LogP contribution in [0.15, 0.2) is 60.3 Å². The van der Waals surface area contributed by atoms with Crippen molar-refractivity contribution in [3.8, 4) is 5.69 Å². The van der Waals surface area contributed by atoms with E-state index in [9.17, 15) is 9.50 Å². The number of rotatable bonds is 4. The van der Waals surface area contributed by atoms with Gasteiger partial charge in [0, 0.05) is 0 Å². The first-order chi connectivity index (χ1) is 13.4. The average molecular weight is 376 g/mol. The van der Waals surface area contributed by atoms with Crippen LogP contribution in [0.5, 0.6) is 0 Å². The smallest absolute Gasteiger partial charge is 0.123 e. The van der Waals surface area contributed by atoms with Crippen LogP contribution in [0.1, 0.15) is 48.8 Å². The van der Waals surface area contributed by atoms with Gasteiger partial charge in [-0.3, -0.25) is 0 Å². The minimum atomic E-state index is -0.511. The maximum atomic E-state index is 13.3. The largest absolute Gasteiger partial charge is 0.388 e. The summed E-state index contributed by atoms with van der Waals surface area (Å²) in [4.78, 5) is 0. The molecule has 0 bridgehead atoms. The number of fused-ring (bicyclic) bond motifs is 1. The number of nitrogens with zero attached hydrogens (tertiary/aromatic N) is 2. The maximum absolute atomic E-state index is 13.3. The van der Waals surface area contributed by atoms with Gasteiger partial charge < -0.3 is 5.11 Å². The molecule has 3 nitrogen and oxygen atoms in total. The predicted molar refractivity (Wildman–Crippen MR) is 110 cm³/mol. The number of benzene rings is 2. The Balaban J connectivity index is 1.63. The highest BCUT2D eigenvalue weighted by Gasteiger charge is 2.35. The van der Waals surface area contributed by atoms with Crippen LogP contribution in [-0.2, 0) is 6.42 Å². The lowest BCUT2D eigenvalue weighted by molar-refractivity contribution is 0.120. The Bertz CT molecular complexity index is 1040. The van der Waals surface area contributed by atoms with Crippen molar-refractivity contribution in [3.05, 3.63) is 88.5 Å². The lowest BCUT2D eigenvalue weighted by atomic mass is 9.70. The molecule has 1 aromatic heterocycles. The Morgan fingerprint density at radius 2 is 1.86 bits per heavy atom. The Morgan fingerprint density at radius 3 is 2.57 bits per heavy atom. The van der Waals surface area contributed by atoms with E-state index >= 15 is 0 Å².